The first kappa shape index (κ1) is 24.4. The third-order valence-corrected chi connectivity index (χ3v) is 7.50. The van der Waals surface area contributed by atoms with Gasteiger partial charge in [0.2, 0.25) is 5.95 Å². The van der Waals surface area contributed by atoms with E-state index in [1.54, 1.807) is 23.2 Å². The van der Waals surface area contributed by atoms with Gasteiger partial charge in [-0.15, -0.1) is 0 Å². The molecule has 2 amide bonds. The van der Waals surface area contributed by atoms with Gasteiger partial charge in [0.15, 0.2) is 5.82 Å². The Labute approximate surface area is 218 Å². The van der Waals surface area contributed by atoms with E-state index in [2.05, 4.69) is 25.1 Å². The Balaban J connectivity index is 1.33. The maximum absolute atomic E-state index is 13.7. The highest BCUT2D eigenvalue weighted by molar-refractivity contribution is 6.03. The molecule has 3 aromatic rings. The summed E-state index contributed by atoms with van der Waals surface area (Å²) in [5.41, 5.74) is 0.764. The van der Waals surface area contributed by atoms with E-state index in [0.29, 0.717) is 17.1 Å². The molecule has 2 bridgehead atoms. The monoisotopic (exact) mass is 523 g/mol. The summed E-state index contributed by atoms with van der Waals surface area (Å²) in [4.78, 5) is 33.3. The number of aromatic nitrogens is 3. The van der Waals surface area contributed by atoms with Crippen LogP contribution >= 0.6 is 0 Å². The first-order valence-electron chi connectivity index (χ1n) is 13.0. The Morgan fingerprint density at radius 2 is 1.71 bits per heavy atom. The minimum atomic E-state index is -4.46. The average Bonchev–Trinajstić information content (AvgIpc) is 3.19. The van der Waals surface area contributed by atoms with Crippen molar-refractivity contribution in [3.05, 3.63) is 54.2 Å². The zero-order chi connectivity index (χ0) is 26.3. The summed E-state index contributed by atoms with van der Waals surface area (Å²) in [6, 6.07) is 10.0. The molecule has 0 saturated carbocycles. The van der Waals surface area contributed by atoms with Gasteiger partial charge >= 0.3 is 12.2 Å². The number of pyridine rings is 1. The summed E-state index contributed by atoms with van der Waals surface area (Å²) in [6.45, 7) is 3.38. The summed E-state index contributed by atoms with van der Waals surface area (Å²) in [5.74, 6) is 1.43. The lowest BCUT2D eigenvalue weighted by Crippen LogP contribution is -2.46. The molecule has 7 rings (SSSR count). The van der Waals surface area contributed by atoms with Crippen LogP contribution in [0, 0.1) is 0 Å². The smallest absolute Gasteiger partial charge is 0.368 e. The highest BCUT2D eigenvalue weighted by Crippen LogP contribution is 2.40. The SMILES string of the molecule is O=C(Nc1nccc(N2CCCCC2)n1)N1c2nc(-c3cccc(C(F)(F)F)c3)ccc2N2CCC1CC2. The van der Waals surface area contributed by atoms with Gasteiger partial charge in [0.25, 0.3) is 0 Å². The molecule has 8 nitrogen and oxygen atoms in total. The van der Waals surface area contributed by atoms with E-state index < -0.39 is 17.8 Å². The van der Waals surface area contributed by atoms with Crippen LogP contribution in [-0.2, 0) is 6.18 Å². The van der Waals surface area contributed by atoms with Gasteiger partial charge in [0, 0.05) is 44.0 Å². The predicted molar refractivity (Wildman–Crippen MR) is 140 cm³/mol. The Hall–Kier alpha value is -3.89. The first-order valence-corrected chi connectivity index (χ1v) is 13.0. The van der Waals surface area contributed by atoms with E-state index in [0.717, 1.165) is 75.5 Å². The molecule has 4 aliphatic rings. The highest BCUT2D eigenvalue weighted by Gasteiger charge is 2.38. The molecule has 1 N–H and O–H groups in total. The molecule has 11 heteroatoms. The second-order valence-corrected chi connectivity index (χ2v) is 9.92. The minimum absolute atomic E-state index is 0.0953. The summed E-state index contributed by atoms with van der Waals surface area (Å²) in [6.07, 6.45) is 2.12. The summed E-state index contributed by atoms with van der Waals surface area (Å²) >= 11 is 0. The molecule has 2 aromatic heterocycles. The van der Waals surface area contributed by atoms with Gasteiger partial charge in [-0.2, -0.15) is 18.2 Å². The van der Waals surface area contributed by atoms with Crippen LogP contribution in [0.25, 0.3) is 11.3 Å². The molecule has 6 heterocycles. The summed E-state index contributed by atoms with van der Waals surface area (Å²) < 4.78 is 40.0. The standard InChI is InChI=1S/C27H28F3N7O/c28-27(29,30)19-6-4-5-18(17-19)21-7-8-22-24(32-21)37(20-10-15-35(22)16-11-20)26(38)34-25-31-12-9-23(33-25)36-13-2-1-3-14-36/h4-9,12,17,20H,1-3,10-11,13-16H2,(H,31,33,34,38). The number of fused-ring (bicyclic) bond motifs is 2. The maximum Gasteiger partial charge on any atom is 0.416 e. The largest absolute Gasteiger partial charge is 0.416 e. The van der Waals surface area contributed by atoms with Gasteiger partial charge in [-0.05, 0) is 62.4 Å². The van der Waals surface area contributed by atoms with E-state index in [9.17, 15) is 18.0 Å². The van der Waals surface area contributed by atoms with Gasteiger partial charge in [-0.1, -0.05) is 12.1 Å². The molecule has 2 saturated heterocycles. The van der Waals surface area contributed by atoms with Gasteiger partial charge in [0.05, 0.1) is 16.9 Å². The van der Waals surface area contributed by atoms with E-state index in [4.69, 9.17) is 4.98 Å². The van der Waals surface area contributed by atoms with Crippen molar-refractivity contribution in [2.45, 2.75) is 44.3 Å². The fraction of sp³-hybridized carbons (Fsp3) is 0.407. The third-order valence-electron chi connectivity index (χ3n) is 7.50. The molecular weight excluding hydrogens is 495 g/mol. The van der Waals surface area contributed by atoms with Crippen molar-refractivity contribution in [3.63, 3.8) is 0 Å². The number of benzene rings is 1. The van der Waals surface area contributed by atoms with E-state index >= 15 is 0 Å². The number of hydrogen-bond donors (Lipinski definition) is 1. The molecule has 198 valence electrons. The van der Waals surface area contributed by atoms with Crippen LogP contribution < -0.4 is 20.0 Å². The van der Waals surface area contributed by atoms with Gasteiger partial charge in [-0.25, -0.2) is 14.8 Å². The normalized spacial score (nSPS) is 17.8. The molecule has 1 aromatic carbocycles. The van der Waals surface area contributed by atoms with Crippen LogP contribution in [0.1, 0.15) is 37.7 Å². The molecule has 0 spiro atoms. The van der Waals surface area contributed by atoms with Crippen LogP contribution in [0.5, 0.6) is 0 Å². The number of nitrogens with one attached hydrogen (secondary N) is 1. The number of alkyl halides is 3. The van der Waals surface area contributed by atoms with Crippen molar-refractivity contribution in [3.8, 4) is 11.3 Å². The van der Waals surface area contributed by atoms with Gasteiger partial charge in [0.1, 0.15) is 5.82 Å². The van der Waals surface area contributed by atoms with Crippen molar-refractivity contribution >= 4 is 29.3 Å². The molecule has 0 aliphatic carbocycles. The quantitative estimate of drug-likeness (QED) is 0.484. The van der Waals surface area contributed by atoms with Gasteiger partial charge < -0.3 is 9.80 Å². The number of urea groups is 1. The Morgan fingerprint density at radius 3 is 2.47 bits per heavy atom. The summed E-state index contributed by atoms with van der Waals surface area (Å²) in [5, 5.41) is 2.86. The zero-order valence-corrected chi connectivity index (χ0v) is 20.8. The van der Waals surface area contributed by atoms with E-state index in [1.165, 1.54) is 12.5 Å². The van der Waals surface area contributed by atoms with Crippen molar-refractivity contribution in [2.24, 2.45) is 0 Å². The van der Waals surface area contributed by atoms with Crippen molar-refractivity contribution < 1.29 is 18.0 Å². The molecule has 4 aliphatic heterocycles. The Kier molecular flexibility index (Phi) is 6.29. The fourth-order valence-electron chi connectivity index (χ4n) is 5.55. The lowest BCUT2D eigenvalue weighted by atomic mass is 10.1. The zero-order valence-electron chi connectivity index (χ0n) is 20.8. The number of anilines is 4. The van der Waals surface area contributed by atoms with E-state index in [-0.39, 0.29) is 12.0 Å². The molecule has 38 heavy (non-hydrogen) atoms. The fourth-order valence-corrected chi connectivity index (χ4v) is 5.55. The van der Waals surface area contributed by atoms with Crippen LogP contribution in [-0.4, -0.2) is 53.2 Å². The molecule has 0 atom stereocenters. The van der Waals surface area contributed by atoms with Crippen LogP contribution in [0.4, 0.5) is 41.2 Å². The lowest BCUT2D eigenvalue weighted by molar-refractivity contribution is -0.137. The number of carbonyl (C=O) groups excluding carboxylic acids is 1. The Bertz CT molecular complexity index is 1330. The molecule has 0 radical (unpaired) electrons. The molecule has 0 unspecified atom stereocenters. The number of nitrogens with zero attached hydrogens (tertiary/aromatic N) is 6. The minimum Gasteiger partial charge on any atom is -0.368 e. The number of hydrogen-bond acceptors (Lipinski definition) is 6. The summed E-state index contributed by atoms with van der Waals surface area (Å²) in [7, 11) is 0. The van der Waals surface area contributed by atoms with Crippen molar-refractivity contribution in [1.82, 2.24) is 15.0 Å². The second kappa shape index (κ2) is 9.77. The maximum atomic E-state index is 13.7. The molecular formula is C27H28F3N7O. The van der Waals surface area contributed by atoms with Crippen molar-refractivity contribution in [2.75, 3.05) is 46.2 Å². The number of carbonyl (C=O) groups is 1. The number of piperidine rings is 2. The van der Waals surface area contributed by atoms with Gasteiger partial charge in [-0.3, -0.25) is 10.2 Å². The molecule has 2 fully saturated rings. The number of rotatable bonds is 3. The number of amides is 2. The van der Waals surface area contributed by atoms with Crippen LogP contribution in [0.3, 0.4) is 0 Å². The van der Waals surface area contributed by atoms with Crippen LogP contribution in [0.15, 0.2) is 48.7 Å². The first-order chi connectivity index (χ1) is 18.4. The van der Waals surface area contributed by atoms with E-state index in [1.807, 2.05) is 12.1 Å². The number of halogens is 3. The predicted octanol–water partition coefficient (Wildman–Crippen LogP) is 5.57. The Morgan fingerprint density at radius 1 is 0.921 bits per heavy atom. The average molecular weight is 524 g/mol. The third kappa shape index (κ3) is 4.72. The van der Waals surface area contributed by atoms with Crippen molar-refractivity contribution in [1.29, 1.82) is 0 Å². The van der Waals surface area contributed by atoms with Crippen LogP contribution in [0.2, 0.25) is 0 Å². The topological polar surface area (TPSA) is 77.5 Å². The highest BCUT2D eigenvalue weighted by atomic mass is 19.4. The second-order valence-electron chi connectivity index (χ2n) is 9.92. The lowest BCUT2D eigenvalue weighted by Gasteiger charge is -2.31.